The van der Waals surface area contributed by atoms with Crippen molar-refractivity contribution in [2.75, 3.05) is 17.2 Å². The topological polar surface area (TPSA) is 98.6 Å². The van der Waals surface area contributed by atoms with E-state index in [2.05, 4.69) is 29.9 Å². The molecule has 1 fully saturated rings. The van der Waals surface area contributed by atoms with Crippen molar-refractivity contribution in [3.63, 3.8) is 0 Å². The first-order valence-corrected chi connectivity index (χ1v) is 6.86. The summed E-state index contributed by atoms with van der Waals surface area (Å²) in [5.74, 6) is 4.01. The summed E-state index contributed by atoms with van der Waals surface area (Å²) in [6.45, 7) is 4.17. The number of anilines is 2. The number of nitrogens with two attached hydrogens (primary N) is 1. The van der Waals surface area contributed by atoms with Gasteiger partial charge in [-0.05, 0) is 19.8 Å². The van der Waals surface area contributed by atoms with Crippen molar-refractivity contribution in [1.82, 2.24) is 29.7 Å². The molecule has 2 aromatic rings. The van der Waals surface area contributed by atoms with E-state index in [4.69, 9.17) is 5.73 Å². The Morgan fingerprint density at radius 2 is 1.95 bits per heavy atom. The van der Waals surface area contributed by atoms with Crippen LogP contribution in [0.4, 0.5) is 11.9 Å². The van der Waals surface area contributed by atoms with Crippen molar-refractivity contribution < 1.29 is 0 Å². The zero-order chi connectivity index (χ0) is 13.7. The smallest absolute Gasteiger partial charge is 0.230 e. The Bertz CT molecular complexity index is 659. The first-order chi connectivity index (χ1) is 9.69. The highest BCUT2D eigenvalue weighted by molar-refractivity contribution is 5.36. The third kappa shape index (κ3) is 1.97. The molecular formula is C12H16N8. The average molecular weight is 272 g/mol. The van der Waals surface area contributed by atoms with Crippen molar-refractivity contribution in [3.05, 3.63) is 17.5 Å². The Balaban J connectivity index is 1.65. The number of aryl methyl sites for hydroxylation is 1. The van der Waals surface area contributed by atoms with E-state index in [9.17, 15) is 0 Å². The number of nitrogen functional groups attached to an aromatic ring is 1. The molecule has 0 aromatic carbocycles. The Hall–Kier alpha value is -2.25. The van der Waals surface area contributed by atoms with E-state index in [1.807, 2.05) is 11.6 Å². The van der Waals surface area contributed by atoms with Crippen LogP contribution >= 0.6 is 0 Å². The summed E-state index contributed by atoms with van der Waals surface area (Å²) in [6, 6.07) is 0. The molecule has 1 aliphatic heterocycles. The highest BCUT2D eigenvalue weighted by Gasteiger charge is 2.29. The van der Waals surface area contributed by atoms with Gasteiger partial charge in [-0.15, -0.1) is 0 Å². The second kappa shape index (κ2) is 4.12. The second-order valence-corrected chi connectivity index (χ2v) is 5.35. The van der Waals surface area contributed by atoms with Crippen LogP contribution in [-0.2, 0) is 13.1 Å². The quantitative estimate of drug-likeness (QED) is 0.836. The molecule has 1 aliphatic carbocycles. The molecule has 0 spiro atoms. The summed E-state index contributed by atoms with van der Waals surface area (Å²) in [5, 5.41) is 4.35. The SMILES string of the molecule is Cc1nc2n(n1)CCN(c1nc(N)nc(C3CC3)n1)C2. The van der Waals surface area contributed by atoms with Gasteiger partial charge in [-0.1, -0.05) is 0 Å². The van der Waals surface area contributed by atoms with Gasteiger partial charge >= 0.3 is 0 Å². The first-order valence-electron chi connectivity index (χ1n) is 6.86. The van der Waals surface area contributed by atoms with Crippen LogP contribution in [0.2, 0.25) is 0 Å². The Morgan fingerprint density at radius 3 is 2.75 bits per heavy atom. The van der Waals surface area contributed by atoms with E-state index in [-0.39, 0.29) is 0 Å². The van der Waals surface area contributed by atoms with Crippen LogP contribution in [0.3, 0.4) is 0 Å². The summed E-state index contributed by atoms with van der Waals surface area (Å²) >= 11 is 0. The summed E-state index contributed by atoms with van der Waals surface area (Å²) < 4.78 is 1.94. The van der Waals surface area contributed by atoms with Crippen molar-refractivity contribution in [2.24, 2.45) is 0 Å². The lowest BCUT2D eigenvalue weighted by Gasteiger charge is -2.26. The van der Waals surface area contributed by atoms with Crippen molar-refractivity contribution in [1.29, 1.82) is 0 Å². The first kappa shape index (κ1) is 11.6. The lowest BCUT2D eigenvalue weighted by molar-refractivity contribution is 0.505. The van der Waals surface area contributed by atoms with Crippen molar-refractivity contribution in [3.8, 4) is 0 Å². The van der Waals surface area contributed by atoms with E-state index in [1.165, 1.54) is 0 Å². The van der Waals surface area contributed by atoms with Gasteiger partial charge in [-0.3, -0.25) is 0 Å². The summed E-state index contributed by atoms with van der Waals surface area (Å²) in [6.07, 6.45) is 2.30. The second-order valence-electron chi connectivity index (χ2n) is 5.35. The van der Waals surface area contributed by atoms with Crippen LogP contribution < -0.4 is 10.6 Å². The maximum Gasteiger partial charge on any atom is 0.230 e. The van der Waals surface area contributed by atoms with E-state index >= 15 is 0 Å². The highest BCUT2D eigenvalue weighted by Crippen LogP contribution is 2.38. The standard InChI is InChI=1S/C12H16N8/c1-7-14-9-6-19(4-5-20(9)18-7)12-16-10(8-2-3-8)15-11(13)17-12/h8H,2-6H2,1H3,(H2,13,15,16,17). The molecule has 0 radical (unpaired) electrons. The minimum absolute atomic E-state index is 0.306. The molecule has 8 heteroatoms. The molecule has 2 aromatic heterocycles. The van der Waals surface area contributed by atoms with Gasteiger partial charge in [0.1, 0.15) is 17.5 Å². The molecule has 0 atom stereocenters. The number of hydrogen-bond acceptors (Lipinski definition) is 7. The number of fused-ring (bicyclic) bond motifs is 1. The molecule has 20 heavy (non-hydrogen) atoms. The normalized spacial score (nSPS) is 18.1. The van der Waals surface area contributed by atoms with Crippen LogP contribution in [0.15, 0.2) is 0 Å². The molecule has 4 rings (SSSR count). The molecule has 104 valence electrons. The van der Waals surface area contributed by atoms with E-state index in [0.29, 0.717) is 24.4 Å². The summed E-state index contributed by atoms with van der Waals surface area (Å²) in [4.78, 5) is 19.6. The monoisotopic (exact) mass is 272 g/mol. The summed E-state index contributed by atoms with van der Waals surface area (Å²) in [7, 11) is 0. The molecule has 0 amide bonds. The molecule has 1 saturated carbocycles. The number of nitrogens with zero attached hydrogens (tertiary/aromatic N) is 7. The Labute approximate surface area is 116 Å². The molecule has 2 N–H and O–H groups in total. The molecule has 0 saturated heterocycles. The van der Waals surface area contributed by atoms with Gasteiger partial charge in [0, 0.05) is 12.5 Å². The minimum Gasteiger partial charge on any atom is -0.368 e. The van der Waals surface area contributed by atoms with Crippen molar-refractivity contribution in [2.45, 2.75) is 38.8 Å². The summed E-state index contributed by atoms with van der Waals surface area (Å²) in [5.41, 5.74) is 5.81. The van der Waals surface area contributed by atoms with Crippen LogP contribution in [0.1, 0.15) is 36.2 Å². The maximum atomic E-state index is 5.81. The predicted molar refractivity (Wildman–Crippen MR) is 72.0 cm³/mol. The van der Waals surface area contributed by atoms with Crippen LogP contribution in [0.5, 0.6) is 0 Å². The van der Waals surface area contributed by atoms with E-state index in [0.717, 1.165) is 43.4 Å². The zero-order valence-electron chi connectivity index (χ0n) is 11.3. The molecular weight excluding hydrogens is 256 g/mol. The van der Waals surface area contributed by atoms with Gasteiger partial charge in [-0.25, -0.2) is 9.67 Å². The van der Waals surface area contributed by atoms with Crippen LogP contribution in [0, 0.1) is 6.92 Å². The van der Waals surface area contributed by atoms with Crippen molar-refractivity contribution >= 4 is 11.9 Å². The van der Waals surface area contributed by atoms with E-state index in [1.54, 1.807) is 0 Å². The number of aromatic nitrogens is 6. The lowest BCUT2D eigenvalue weighted by Crippen LogP contribution is -2.35. The maximum absolute atomic E-state index is 5.81. The zero-order valence-corrected chi connectivity index (χ0v) is 11.3. The van der Waals surface area contributed by atoms with Gasteiger partial charge in [0.2, 0.25) is 11.9 Å². The fraction of sp³-hybridized carbons (Fsp3) is 0.583. The fourth-order valence-electron chi connectivity index (χ4n) is 2.49. The highest BCUT2D eigenvalue weighted by atomic mass is 15.4. The predicted octanol–water partition coefficient (Wildman–Crippen LogP) is 0.251. The lowest BCUT2D eigenvalue weighted by atomic mass is 10.3. The molecule has 0 unspecified atom stereocenters. The van der Waals surface area contributed by atoms with Gasteiger partial charge < -0.3 is 10.6 Å². The third-order valence-corrected chi connectivity index (χ3v) is 3.65. The molecule has 0 bridgehead atoms. The van der Waals surface area contributed by atoms with Gasteiger partial charge in [0.05, 0.1) is 13.1 Å². The van der Waals surface area contributed by atoms with Gasteiger partial charge in [0.25, 0.3) is 0 Å². The minimum atomic E-state index is 0.306. The molecule has 3 heterocycles. The number of hydrogen-bond donors (Lipinski definition) is 1. The van der Waals surface area contributed by atoms with Crippen LogP contribution in [0.25, 0.3) is 0 Å². The Kier molecular flexibility index (Phi) is 2.38. The number of rotatable bonds is 2. The fourth-order valence-corrected chi connectivity index (χ4v) is 2.49. The van der Waals surface area contributed by atoms with Gasteiger partial charge in [-0.2, -0.15) is 20.1 Å². The van der Waals surface area contributed by atoms with E-state index < -0.39 is 0 Å². The van der Waals surface area contributed by atoms with Gasteiger partial charge in [0.15, 0.2) is 0 Å². The Morgan fingerprint density at radius 1 is 1.10 bits per heavy atom. The average Bonchev–Trinajstić information content (AvgIpc) is 3.19. The largest absolute Gasteiger partial charge is 0.368 e. The molecule has 2 aliphatic rings. The third-order valence-electron chi connectivity index (χ3n) is 3.65. The van der Waals surface area contributed by atoms with Crippen LogP contribution in [-0.4, -0.2) is 36.3 Å². The molecule has 8 nitrogen and oxygen atoms in total.